The third-order valence-electron chi connectivity index (χ3n) is 4.16. The van der Waals surface area contributed by atoms with Crippen molar-refractivity contribution >= 4 is 17.4 Å². The molecule has 1 amide bonds. The minimum Gasteiger partial charge on any atom is -0.444 e. The van der Waals surface area contributed by atoms with Gasteiger partial charge in [-0.3, -0.25) is 4.90 Å². The molecule has 0 aliphatic carbocycles. The topological polar surface area (TPSA) is 32.8 Å². The molecule has 0 aromatic carbocycles. The van der Waals surface area contributed by atoms with E-state index in [1.54, 1.807) is 16.2 Å². The zero-order valence-electron chi connectivity index (χ0n) is 14.3. The first-order chi connectivity index (χ1) is 10.3. The van der Waals surface area contributed by atoms with E-state index in [-0.39, 0.29) is 12.1 Å². The number of carbonyl (C=O) groups excluding carboxylic acids is 1. The van der Waals surface area contributed by atoms with Crippen LogP contribution in [0.2, 0.25) is 0 Å². The van der Waals surface area contributed by atoms with Crippen LogP contribution in [0.1, 0.15) is 51.5 Å². The maximum absolute atomic E-state index is 12.3. The Hall–Kier alpha value is -1.07. The van der Waals surface area contributed by atoms with Gasteiger partial charge in [0.2, 0.25) is 0 Å². The van der Waals surface area contributed by atoms with Crippen molar-refractivity contribution in [2.45, 2.75) is 58.2 Å². The summed E-state index contributed by atoms with van der Waals surface area (Å²) in [6, 6.07) is 4.93. The first-order valence-corrected chi connectivity index (χ1v) is 8.89. The maximum Gasteiger partial charge on any atom is 0.410 e. The zero-order valence-corrected chi connectivity index (χ0v) is 15.2. The first-order valence-electron chi connectivity index (χ1n) is 8.01. The number of nitrogens with zero attached hydrogens (tertiary/aromatic N) is 2. The highest BCUT2D eigenvalue weighted by Gasteiger charge is 2.31. The molecule has 0 unspecified atom stereocenters. The Kier molecular flexibility index (Phi) is 5.50. The number of rotatable bonds is 3. The number of carbonyl (C=O) groups is 1. The lowest BCUT2D eigenvalue weighted by molar-refractivity contribution is 0.0106. The summed E-state index contributed by atoms with van der Waals surface area (Å²) >= 11 is 1.80. The minimum absolute atomic E-state index is 0.219. The van der Waals surface area contributed by atoms with Crippen LogP contribution in [0.5, 0.6) is 0 Å². The van der Waals surface area contributed by atoms with Crippen molar-refractivity contribution in [1.29, 1.82) is 0 Å². The quantitative estimate of drug-likeness (QED) is 0.837. The average Bonchev–Trinajstić information content (AvgIpc) is 2.98. The van der Waals surface area contributed by atoms with E-state index in [9.17, 15) is 4.79 Å². The molecule has 5 heteroatoms. The Balaban J connectivity index is 1.96. The molecule has 0 radical (unpaired) electrons. The van der Waals surface area contributed by atoms with Gasteiger partial charge in [0.1, 0.15) is 5.60 Å². The van der Waals surface area contributed by atoms with Crippen LogP contribution in [0.3, 0.4) is 0 Å². The predicted molar refractivity (Wildman–Crippen MR) is 91.3 cm³/mol. The van der Waals surface area contributed by atoms with E-state index in [1.807, 2.05) is 27.8 Å². The van der Waals surface area contributed by atoms with Crippen LogP contribution < -0.4 is 0 Å². The summed E-state index contributed by atoms with van der Waals surface area (Å²) in [5.74, 6) is 0. The average molecular weight is 324 g/mol. The number of ether oxygens (including phenoxy) is 1. The second-order valence-electron chi connectivity index (χ2n) is 7.07. The Labute approximate surface area is 138 Å². The maximum atomic E-state index is 12.3. The van der Waals surface area contributed by atoms with E-state index < -0.39 is 5.60 Å². The smallest absolute Gasteiger partial charge is 0.410 e. The summed E-state index contributed by atoms with van der Waals surface area (Å²) in [7, 11) is 1.86. The molecule has 1 aliphatic heterocycles. The molecule has 22 heavy (non-hydrogen) atoms. The third-order valence-corrected chi connectivity index (χ3v) is 5.20. The van der Waals surface area contributed by atoms with Crippen molar-refractivity contribution in [1.82, 2.24) is 9.80 Å². The molecule has 1 fully saturated rings. The molecule has 0 N–H and O–H groups in total. The largest absolute Gasteiger partial charge is 0.444 e. The summed E-state index contributed by atoms with van der Waals surface area (Å²) in [6.45, 7) is 9.98. The standard InChI is InChI=1S/C17H28N2O2S/c1-13(15-9-7-11-22-15)19-10-6-8-14(12-19)18(5)16(20)21-17(2,3)4/h7,9,11,13-14H,6,8,10,12H2,1-5H3/t13-,14-/m0/s1. The second kappa shape index (κ2) is 7.01. The zero-order chi connectivity index (χ0) is 16.3. The highest BCUT2D eigenvalue weighted by atomic mass is 32.1. The lowest BCUT2D eigenvalue weighted by Crippen LogP contribution is -2.50. The summed E-state index contributed by atoms with van der Waals surface area (Å²) in [4.78, 5) is 17.9. The number of hydrogen-bond acceptors (Lipinski definition) is 4. The molecular formula is C17H28N2O2S. The molecule has 124 valence electrons. The van der Waals surface area contributed by atoms with Crippen LogP contribution in [0.25, 0.3) is 0 Å². The Morgan fingerprint density at radius 2 is 2.23 bits per heavy atom. The van der Waals surface area contributed by atoms with Crippen LogP contribution in [0, 0.1) is 0 Å². The van der Waals surface area contributed by atoms with Gasteiger partial charge in [-0.1, -0.05) is 6.07 Å². The van der Waals surface area contributed by atoms with E-state index in [4.69, 9.17) is 4.74 Å². The molecule has 0 saturated carbocycles. The van der Waals surface area contributed by atoms with Crippen LogP contribution in [-0.4, -0.2) is 47.7 Å². The normalized spacial score (nSPS) is 21.4. The van der Waals surface area contributed by atoms with Gasteiger partial charge >= 0.3 is 6.09 Å². The molecule has 1 aliphatic rings. The van der Waals surface area contributed by atoms with Gasteiger partial charge in [0.25, 0.3) is 0 Å². The number of thiophene rings is 1. The Morgan fingerprint density at radius 1 is 1.50 bits per heavy atom. The SMILES string of the molecule is C[C@@H](c1cccs1)N1CCC[C@H](N(C)C(=O)OC(C)(C)C)C1. The van der Waals surface area contributed by atoms with Crippen LogP contribution >= 0.6 is 11.3 Å². The molecule has 2 rings (SSSR count). The van der Waals surface area contributed by atoms with Crippen molar-refractivity contribution in [3.05, 3.63) is 22.4 Å². The molecule has 1 saturated heterocycles. The van der Waals surface area contributed by atoms with Gasteiger partial charge < -0.3 is 9.64 Å². The van der Waals surface area contributed by atoms with Gasteiger partial charge in [0.05, 0.1) is 0 Å². The van der Waals surface area contributed by atoms with Crippen molar-refractivity contribution in [3.8, 4) is 0 Å². The van der Waals surface area contributed by atoms with Gasteiger partial charge in [-0.05, 0) is 58.5 Å². The van der Waals surface area contributed by atoms with E-state index in [0.29, 0.717) is 6.04 Å². The van der Waals surface area contributed by atoms with Gasteiger partial charge in [0, 0.05) is 30.6 Å². The monoisotopic (exact) mass is 324 g/mol. The van der Waals surface area contributed by atoms with Gasteiger partial charge in [0.15, 0.2) is 0 Å². The van der Waals surface area contributed by atoms with Crippen LogP contribution in [0.15, 0.2) is 17.5 Å². The van der Waals surface area contributed by atoms with E-state index >= 15 is 0 Å². The highest BCUT2D eigenvalue weighted by molar-refractivity contribution is 7.10. The van der Waals surface area contributed by atoms with Gasteiger partial charge in [-0.25, -0.2) is 4.79 Å². The van der Waals surface area contributed by atoms with Crippen molar-refractivity contribution in [3.63, 3.8) is 0 Å². The molecule has 2 atom stereocenters. The Morgan fingerprint density at radius 3 is 2.82 bits per heavy atom. The number of amides is 1. The molecule has 1 aromatic rings. The number of likely N-dealkylation sites (N-methyl/N-ethyl adjacent to an activating group) is 1. The van der Waals surface area contributed by atoms with Gasteiger partial charge in [-0.2, -0.15) is 0 Å². The summed E-state index contributed by atoms with van der Waals surface area (Å²) in [6.07, 6.45) is 1.94. The molecule has 4 nitrogen and oxygen atoms in total. The lowest BCUT2D eigenvalue weighted by atomic mass is 10.0. The predicted octanol–water partition coefficient (Wildman–Crippen LogP) is 4.14. The summed E-state index contributed by atoms with van der Waals surface area (Å²) in [5.41, 5.74) is -0.441. The first kappa shape index (κ1) is 17.3. The van der Waals surface area contributed by atoms with E-state index in [0.717, 1.165) is 25.9 Å². The fourth-order valence-electron chi connectivity index (χ4n) is 2.84. The lowest BCUT2D eigenvalue weighted by Gasteiger charge is -2.40. The number of likely N-dealkylation sites (tertiary alicyclic amines) is 1. The molecule has 1 aromatic heterocycles. The molecule has 2 heterocycles. The fourth-order valence-corrected chi connectivity index (χ4v) is 3.66. The third kappa shape index (κ3) is 4.46. The van der Waals surface area contributed by atoms with Crippen LogP contribution in [-0.2, 0) is 4.74 Å². The Bertz CT molecular complexity index is 481. The van der Waals surface area contributed by atoms with E-state index in [1.165, 1.54) is 4.88 Å². The van der Waals surface area contributed by atoms with Crippen molar-refractivity contribution < 1.29 is 9.53 Å². The van der Waals surface area contributed by atoms with Gasteiger partial charge in [-0.15, -0.1) is 11.3 Å². The molecule has 0 spiro atoms. The van der Waals surface area contributed by atoms with Crippen molar-refractivity contribution in [2.75, 3.05) is 20.1 Å². The summed E-state index contributed by atoms with van der Waals surface area (Å²) < 4.78 is 5.49. The number of piperidine rings is 1. The fraction of sp³-hybridized carbons (Fsp3) is 0.706. The summed E-state index contributed by atoms with van der Waals surface area (Å²) in [5, 5.41) is 2.13. The minimum atomic E-state index is -0.441. The highest BCUT2D eigenvalue weighted by Crippen LogP contribution is 2.28. The van der Waals surface area contributed by atoms with Crippen molar-refractivity contribution in [2.24, 2.45) is 0 Å². The number of hydrogen-bond donors (Lipinski definition) is 0. The molecule has 0 bridgehead atoms. The van der Waals surface area contributed by atoms with Crippen LogP contribution in [0.4, 0.5) is 4.79 Å². The second-order valence-corrected chi connectivity index (χ2v) is 8.05. The molecular weight excluding hydrogens is 296 g/mol. The van der Waals surface area contributed by atoms with E-state index in [2.05, 4.69) is 29.3 Å².